The number of allylic oxidation sites excluding steroid dienone is 2. The van der Waals surface area contributed by atoms with Gasteiger partial charge in [-0.2, -0.15) is 0 Å². The van der Waals surface area contributed by atoms with E-state index in [1.807, 2.05) is 0 Å². The quantitative estimate of drug-likeness (QED) is 0.594. The SMILES string of the molecule is O=C1CC2=C(N1)C1=C(C=CCN1)CC2. The summed E-state index contributed by atoms with van der Waals surface area (Å²) in [7, 11) is 0. The van der Waals surface area contributed by atoms with Gasteiger partial charge in [-0.1, -0.05) is 12.2 Å². The van der Waals surface area contributed by atoms with Gasteiger partial charge in [-0.15, -0.1) is 0 Å². The summed E-state index contributed by atoms with van der Waals surface area (Å²) in [5.41, 5.74) is 4.81. The molecule has 0 spiro atoms. The lowest BCUT2D eigenvalue weighted by Crippen LogP contribution is -2.27. The molecule has 0 atom stereocenters. The van der Waals surface area contributed by atoms with Gasteiger partial charge >= 0.3 is 0 Å². The van der Waals surface area contributed by atoms with Crippen LogP contribution >= 0.6 is 0 Å². The highest BCUT2D eigenvalue weighted by Crippen LogP contribution is 2.34. The summed E-state index contributed by atoms with van der Waals surface area (Å²) in [6.07, 6.45) is 6.98. The fourth-order valence-corrected chi connectivity index (χ4v) is 2.31. The predicted octanol–water partition coefficient (Wildman–Crippen LogP) is 0.968. The summed E-state index contributed by atoms with van der Waals surface area (Å²) in [6.45, 7) is 0.867. The van der Waals surface area contributed by atoms with E-state index in [1.165, 1.54) is 11.1 Å². The Bertz CT molecular complexity index is 402. The fraction of sp³-hybridized carbons (Fsp3) is 0.364. The standard InChI is InChI=1S/C11H12N2O/c14-9-6-8-4-3-7-2-1-5-12-10(7)11(8)13-9/h1-2,12H,3-6H2,(H,13,14). The highest BCUT2D eigenvalue weighted by molar-refractivity contribution is 5.86. The van der Waals surface area contributed by atoms with Crippen LogP contribution in [-0.4, -0.2) is 12.5 Å². The molecule has 0 aromatic heterocycles. The monoisotopic (exact) mass is 188 g/mol. The Hall–Kier alpha value is -1.51. The first-order chi connectivity index (χ1) is 6.84. The number of rotatable bonds is 0. The van der Waals surface area contributed by atoms with Gasteiger partial charge in [-0.25, -0.2) is 0 Å². The molecule has 2 aliphatic heterocycles. The summed E-state index contributed by atoms with van der Waals surface area (Å²) < 4.78 is 0. The van der Waals surface area contributed by atoms with E-state index in [1.54, 1.807) is 0 Å². The average molecular weight is 188 g/mol. The van der Waals surface area contributed by atoms with Crippen LogP contribution in [0.3, 0.4) is 0 Å². The van der Waals surface area contributed by atoms with Gasteiger partial charge in [0.15, 0.2) is 0 Å². The van der Waals surface area contributed by atoms with Crippen LogP contribution in [0.15, 0.2) is 34.7 Å². The molecule has 2 heterocycles. The zero-order chi connectivity index (χ0) is 9.54. The topological polar surface area (TPSA) is 41.1 Å². The van der Waals surface area contributed by atoms with Crippen molar-refractivity contribution in [1.29, 1.82) is 0 Å². The molecule has 2 N–H and O–H groups in total. The number of hydrogen-bond donors (Lipinski definition) is 2. The van der Waals surface area contributed by atoms with Crippen molar-refractivity contribution in [2.45, 2.75) is 19.3 Å². The number of fused-ring (bicyclic) bond motifs is 1. The highest BCUT2D eigenvalue weighted by Gasteiger charge is 2.28. The van der Waals surface area contributed by atoms with E-state index in [-0.39, 0.29) is 5.91 Å². The Morgan fingerprint density at radius 3 is 3.07 bits per heavy atom. The van der Waals surface area contributed by atoms with Crippen molar-refractivity contribution in [1.82, 2.24) is 10.6 Å². The Balaban J connectivity index is 2.05. The Morgan fingerprint density at radius 1 is 1.21 bits per heavy atom. The van der Waals surface area contributed by atoms with Gasteiger partial charge in [-0.05, 0) is 24.0 Å². The molecule has 3 rings (SSSR count). The average Bonchev–Trinajstić information content (AvgIpc) is 2.59. The molecule has 14 heavy (non-hydrogen) atoms. The second-order valence-electron chi connectivity index (χ2n) is 3.89. The minimum atomic E-state index is 0.139. The molecule has 0 radical (unpaired) electrons. The van der Waals surface area contributed by atoms with Crippen molar-refractivity contribution >= 4 is 5.91 Å². The van der Waals surface area contributed by atoms with Crippen LogP contribution in [0.1, 0.15) is 19.3 Å². The minimum Gasteiger partial charge on any atom is -0.380 e. The van der Waals surface area contributed by atoms with Crippen LogP contribution in [0, 0.1) is 0 Å². The van der Waals surface area contributed by atoms with Crippen LogP contribution in [0.25, 0.3) is 0 Å². The van der Waals surface area contributed by atoms with Crippen molar-refractivity contribution in [2.75, 3.05) is 6.54 Å². The third kappa shape index (κ3) is 1.02. The number of nitrogens with one attached hydrogen (secondary N) is 2. The summed E-state index contributed by atoms with van der Waals surface area (Å²) in [5.74, 6) is 0.139. The lowest BCUT2D eigenvalue weighted by molar-refractivity contribution is -0.118. The summed E-state index contributed by atoms with van der Waals surface area (Å²) >= 11 is 0. The molecule has 0 saturated heterocycles. The van der Waals surface area contributed by atoms with Gasteiger partial charge in [0.25, 0.3) is 0 Å². The van der Waals surface area contributed by atoms with E-state index >= 15 is 0 Å². The second kappa shape index (κ2) is 2.74. The molecular formula is C11H12N2O. The number of carbonyl (C=O) groups excluding carboxylic acids is 1. The van der Waals surface area contributed by atoms with E-state index in [0.29, 0.717) is 6.42 Å². The molecule has 0 fully saturated rings. The van der Waals surface area contributed by atoms with Crippen molar-refractivity contribution in [3.8, 4) is 0 Å². The van der Waals surface area contributed by atoms with Crippen LogP contribution < -0.4 is 10.6 Å². The predicted molar refractivity (Wildman–Crippen MR) is 53.2 cm³/mol. The largest absolute Gasteiger partial charge is 0.380 e. The van der Waals surface area contributed by atoms with Crippen LogP contribution in [-0.2, 0) is 4.79 Å². The maximum absolute atomic E-state index is 11.3. The van der Waals surface area contributed by atoms with Gasteiger partial charge in [0, 0.05) is 6.54 Å². The molecule has 0 bridgehead atoms. The minimum absolute atomic E-state index is 0.139. The lowest BCUT2D eigenvalue weighted by atomic mass is 9.92. The number of dihydropyridines is 1. The van der Waals surface area contributed by atoms with Crippen LogP contribution in [0.2, 0.25) is 0 Å². The van der Waals surface area contributed by atoms with Crippen LogP contribution in [0.4, 0.5) is 0 Å². The maximum atomic E-state index is 11.3. The first-order valence-corrected chi connectivity index (χ1v) is 5.00. The molecule has 0 unspecified atom stereocenters. The summed E-state index contributed by atoms with van der Waals surface area (Å²) in [6, 6.07) is 0. The van der Waals surface area contributed by atoms with Gasteiger partial charge in [0.05, 0.1) is 17.8 Å². The maximum Gasteiger partial charge on any atom is 0.228 e. The smallest absolute Gasteiger partial charge is 0.228 e. The van der Waals surface area contributed by atoms with E-state index in [4.69, 9.17) is 0 Å². The van der Waals surface area contributed by atoms with Crippen molar-refractivity contribution in [2.24, 2.45) is 0 Å². The first kappa shape index (κ1) is 7.85. The number of hydrogen-bond acceptors (Lipinski definition) is 2. The van der Waals surface area contributed by atoms with E-state index in [9.17, 15) is 4.79 Å². The normalized spacial score (nSPS) is 24.4. The van der Waals surface area contributed by atoms with E-state index in [0.717, 1.165) is 30.8 Å². The third-order valence-electron chi connectivity index (χ3n) is 2.97. The van der Waals surface area contributed by atoms with Crippen molar-refractivity contribution < 1.29 is 4.79 Å². The summed E-state index contributed by atoms with van der Waals surface area (Å²) in [5, 5.41) is 6.27. The molecule has 3 aliphatic rings. The second-order valence-corrected chi connectivity index (χ2v) is 3.89. The fourth-order valence-electron chi connectivity index (χ4n) is 2.31. The molecule has 0 saturated carbocycles. The molecule has 1 amide bonds. The van der Waals surface area contributed by atoms with Gasteiger partial charge in [-0.3, -0.25) is 4.79 Å². The Kier molecular flexibility index (Phi) is 1.54. The molecule has 0 aromatic rings. The highest BCUT2D eigenvalue weighted by atomic mass is 16.1. The van der Waals surface area contributed by atoms with Gasteiger partial charge in [0.1, 0.15) is 0 Å². The number of amides is 1. The van der Waals surface area contributed by atoms with Crippen LogP contribution in [0.5, 0.6) is 0 Å². The molecular weight excluding hydrogens is 176 g/mol. The van der Waals surface area contributed by atoms with E-state index in [2.05, 4.69) is 22.8 Å². The molecule has 3 nitrogen and oxygen atoms in total. The Labute approximate surface area is 82.6 Å². The Morgan fingerprint density at radius 2 is 2.14 bits per heavy atom. The third-order valence-corrected chi connectivity index (χ3v) is 2.97. The van der Waals surface area contributed by atoms with Crippen molar-refractivity contribution in [3.63, 3.8) is 0 Å². The molecule has 0 aromatic carbocycles. The zero-order valence-corrected chi connectivity index (χ0v) is 7.89. The summed E-state index contributed by atoms with van der Waals surface area (Å²) in [4.78, 5) is 11.3. The zero-order valence-electron chi connectivity index (χ0n) is 7.89. The first-order valence-electron chi connectivity index (χ1n) is 5.00. The van der Waals surface area contributed by atoms with E-state index < -0.39 is 0 Å². The number of carbonyl (C=O) groups is 1. The van der Waals surface area contributed by atoms with Gasteiger partial charge < -0.3 is 10.6 Å². The molecule has 72 valence electrons. The lowest BCUT2D eigenvalue weighted by Gasteiger charge is -2.24. The van der Waals surface area contributed by atoms with Crippen molar-refractivity contribution in [3.05, 3.63) is 34.7 Å². The molecule has 3 heteroatoms. The molecule has 1 aliphatic carbocycles. The van der Waals surface area contributed by atoms with Gasteiger partial charge in [0.2, 0.25) is 5.91 Å².